The van der Waals surface area contributed by atoms with Crippen molar-refractivity contribution < 1.29 is 22.1 Å². The number of aromatic nitrogens is 2. The summed E-state index contributed by atoms with van der Waals surface area (Å²) in [5.74, 6) is -0.432. The zero-order valence-electron chi connectivity index (χ0n) is 13.4. The van der Waals surface area contributed by atoms with Gasteiger partial charge in [-0.25, -0.2) is 17.5 Å². The van der Waals surface area contributed by atoms with Crippen molar-refractivity contribution in [3.8, 4) is 17.1 Å². The van der Waals surface area contributed by atoms with Crippen molar-refractivity contribution in [1.29, 1.82) is 0 Å². The Morgan fingerprint density at radius 1 is 1.27 bits per heavy atom. The molecule has 0 aliphatic heterocycles. The number of halogens is 2. The monoisotopic (exact) mass is 397 g/mol. The Labute approximate surface area is 153 Å². The second-order valence-electron chi connectivity index (χ2n) is 5.11. The van der Waals surface area contributed by atoms with Crippen molar-refractivity contribution in [2.24, 2.45) is 0 Å². The highest BCUT2D eigenvalue weighted by molar-refractivity contribution is 7.89. The second-order valence-corrected chi connectivity index (χ2v) is 7.25. The molecule has 1 heterocycles. The van der Waals surface area contributed by atoms with Crippen molar-refractivity contribution in [3.63, 3.8) is 0 Å². The summed E-state index contributed by atoms with van der Waals surface area (Å²) in [4.78, 5) is 3.78. The van der Waals surface area contributed by atoms with Crippen molar-refractivity contribution in [2.75, 3.05) is 7.11 Å². The maximum absolute atomic E-state index is 13.4. The molecule has 0 amide bonds. The minimum Gasteiger partial charge on any atom is -0.495 e. The van der Waals surface area contributed by atoms with Gasteiger partial charge in [0.1, 0.15) is 16.5 Å². The highest BCUT2D eigenvalue weighted by atomic mass is 35.5. The van der Waals surface area contributed by atoms with E-state index in [0.29, 0.717) is 10.6 Å². The molecule has 10 heteroatoms. The summed E-state index contributed by atoms with van der Waals surface area (Å²) in [5, 5.41) is 4.21. The van der Waals surface area contributed by atoms with E-state index < -0.39 is 15.8 Å². The smallest absolute Gasteiger partial charge is 0.244 e. The van der Waals surface area contributed by atoms with Gasteiger partial charge in [-0.3, -0.25) is 0 Å². The lowest BCUT2D eigenvalue weighted by molar-refractivity contribution is 0.375. The maximum atomic E-state index is 13.4. The average molecular weight is 398 g/mol. The quantitative estimate of drug-likeness (QED) is 0.687. The topological polar surface area (TPSA) is 94.3 Å². The van der Waals surface area contributed by atoms with E-state index in [4.69, 9.17) is 20.9 Å². The Morgan fingerprint density at radius 2 is 2.04 bits per heavy atom. The molecule has 3 rings (SSSR count). The van der Waals surface area contributed by atoms with Gasteiger partial charge in [-0.15, -0.1) is 0 Å². The molecular weight excluding hydrogens is 385 g/mol. The van der Waals surface area contributed by atoms with Gasteiger partial charge in [-0.2, -0.15) is 4.98 Å². The molecule has 0 bridgehead atoms. The molecule has 1 N–H and O–H groups in total. The lowest BCUT2D eigenvalue weighted by Gasteiger charge is -2.09. The first kappa shape index (κ1) is 18.3. The molecule has 0 saturated carbocycles. The van der Waals surface area contributed by atoms with Crippen molar-refractivity contribution in [3.05, 3.63) is 59.2 Å². The van der Waals surface area contributed by atoms with Gasteiger partial charge in [-0.05, 0) is 30.3 Å². The van der Waals surface area contributed by atoms with E-state index in [1.165, 1.54) is 13.2 Å². The summed E-state index contributed by atoms with van der Waals surface area (Å²) in [6.07, 6.45) is 0. The fourth-order valence-corrected chi connectivity index (χ4v) is 3.55. The van der Waals surface area contributed by atoms with E-state index in [2.05, 4.69) is 14.9 Å². The molecule has 7 nitrogen and oxygen atoms in total. The number of rotatable bonds is 6. The molecule has 3 aromatic rings. The van der Waals surface area contributed by atoms with E-state index in [0.717, 1.165) is 12.1 Å². The molecule has 0 unspecified atom stereocenters. The zero-order valence-corrected chi connectivity index (χ0v) is 15.0. The number of benzene rings is 2. The molecule has 2 aromatic carbocycles. The summed E-state index contributed by atoms with van der Waals surface area (Å²) >= 11 is 6.06. The molecule has 0 aliphatic rings. The molecule has 1 aromatic heterocycles. The molecule has 0 fully saturated rings. The Morgan fingerprint density at radius 3 is 2.77 bits per heavy atom. The van der Waals surface area contributed by atoms with Gasteiger partial charge < -0.3 is 9.26 Å². The fraction of sp³-hybridized carbons (Fsp3) is 0.125. The van der Waals surface area contributed by atoms with Crippen LogP contribution in [0.1, 0.15) is 5.89 Å². The van der Waals surface area contributed by atoms with Gasteiger partial charge in [0.05, 0.1) is 18.7 Å². The predicted molar refractivity (Wildman–Crippen MR) is 91.7 cm³/mol. The molecular formula is C16H13ClFN3O4S. The molecule has 0 saturated heterocycles. The molecule has 26 heavy (non-hydrogen) atoms. The van der Waals surface area contributed by atoms with Gasteiger partial charge in [0.15, 0.2) is 0 Å². The SMILES string of the molecule is COc1ccc(F)cc1S(=O)(=O)NCc1nc(-c2ccccc2Cl)no1. The van der Waals surface area contributed by atoms with E-state index >= 15 is 0 Å². The second kappa shape index (κ2) is 7.40. The third kappa shape index (κ3) is 3.85. The average Bonchev–Trinajstić information content (AvgIpc) is 3.09. The Bertz CT molecular complexity index is 1040. The maximum Gasteiger partial charge on any atom is 0.244 e. The van der Waals surface area contributed by atoms with Crippen molar-refractivity contribution in [1.82, 2.24) is 14.9 Å². The van der Waals surface area contributed by atoms with Crippen molar-refractivity contribution >= 4 is 21.6 Å². The van der Waals surface area contributed by atoms with Crippen LogP contribution in [0, 0.1) is 5.82 Å². The van der Waals surface area contributed by atoms with E-state index in [-0.39, 0.29) is 28.9 Å². The minimum absolute atomic E-state index is 0.0150. The van der Waals surface area contributed by atoms with Crippen LogP contribution in [0.2, 0.25) is 5.02 Å². The fourth-order valence-electron chi connectivity index (χ4n) is 2.17. The first-order valence-electron chi connectivity index (χ1n) is 7.31. The van der Waals surface area contributed by atoms with Gasteiger partial charge in [0.25, 0.3) is 0 Å². The van der Waals surface area contributed by atoms with Crippen LogP contribution in [0.25, 0.3) is 11.4 Å². The molecule has 136 valence electrons. The van der Waals surface area contributed by atoms with Crippen LogP contribution < -0.4 is 9.46 Å². The number of ether oxygens (including phenoxy) is 1. The lowest BCUT2D eigenvalue weighted by atomic mass is 10.2. The van der Waals surface area contributed by atoms with E-state index in [1.54, 1.807) is 24.3 Å². The molecule has 0 atom stereocenters. The summed E-state index contributed by atoms with van der Waals surface area (Å²) < 4.78 is 50.5. The first-order chi connectivity index (χ1) is 12.4. The first-order valence-corrected chi connectivity index (χ1v) is 9.17. The number of hydrogen-bond acceptors (Lipinski definition) is 6. The number of nitrogens with zero attached hydrogens (tertiary/aromatic N) is 2. The number of methoxy groups -OCH3 is 1. The largest absolute Gasteiger partial charge is 0.495 e. The van der Waals surface area contributed by atoms with Gasteiger partial charge in [0, 0.05) is 5.56 Å². The lowest BCUT2D eigenvalue weighted by Crippen LogP contribution is -2.24. The van der Waals surface area contributed by atoms with Crippen LogP contribution in [0.4, 0.5) is 4.39 Å². The number of sulfonamides is 1. The standard InChI is InChI=1S/C16H13ClFN3O4S/c1-24-13-7-6-10(18)8-14(13)26(22,23)19-9-15-20-16(21-25-15)11-4-2-3-5-12(11)17/h2-8,19H,9H2,1H3. The third-order valence-corrected chi connectivity index (χ3v) is 5.16. The zero-order chi connectivity index (χ0) is 18.7. The third-order valence-electron chi connectivity index (χ3n) is 3.41. The summed E-state index contributed by atoms with van der Waals surface area (Å²) in [7, 11) is -2.76. The van der Waals surface area contributed by atoms with E-state index in [1.807, 2.05) is 0 Å². The molecule has 0 aliphatic carbocycles. The van der Waals surface area contributed by atoms with Crippen LogP contribution in [0.3, 0.4) is 0 Å². The Hall–Kier alpha value is -2.49. The summed E-state index contributed by atoms with van der Waals surface area (Å²) in [5.41, 5.74) is 0.554. The highest BCUT2D eigenvalue weighted by Gasteiger charge is 2.21. The van der Waals surface area contributed by atoms with Crippen LogP contribution in [-0.2, 0) is 16.6 Å². The Kier molecular flexibility index (Phi) is 5.21. The molecule has 0 radical (unpaired) electrons. The van der Waals surface area contributed by atoms with Crippen LogP contribution in [-0.4, -0.2) is 25.7 Å². The number of nitrogens with one attached hydrogen (secondary N) is 1. The van der Waals surface area contributed by atoms with E-state index in [9.17, 15) is 12.8 Å². The van der Waals surface area contributed by atoms with Crippen LogP contribution >= 0.6 is 11.6 Å². The van der Waals surface area contributed by atoms with Crippen LogP contribution in [0.5, 0.6) is 5.75 Å². The summed E-state index contributed by atoms with van der Waals surface area (Å²) in [6.45, 7) is -0.278. The normalized spacial score (nSPS) is 11.5. The summed E-state index contributed by atoms with van der Waals surface area (Å²) in [6, 6.07) is 10.1. The molecule has 0 spiro atoms. The minimum atomic E-state index is -4.06. The van der Waals surface area contributed by atoms with Gasteiger partial charge in [-0.1, -0.05) is 28.9 Å². The van der Waals surface area contributed by atoms with Gasteiger partial charge in [0.2, 0.25) is 21.7 Å². The number of hydrogen-bond donors (Lipinski definition) is 1. The Balaban J connectivity index is 1.79. The highest BCUT2D eigenvalue weighted by Crippen LogP contribution is 2.26. The van der Waals surface area contributed by atoms with Crippen molar-refractivity contribution in [2.45, 2.75) is 11.4 Å². The van der Waals surface area contributed by atoms with Crippen LogP contribution in [0.15, 0.2) is 51.9 Å². The predicted octanol–water partition coefficient (Wildman–Crippen LogP) is 3.02. The van der Waals surface area contributed by atoms with Gasteiger partial charge >= 0.3 is 0 Å².